The molecule has 1 fully saturated rings. The second kappa shape index (κ2) is 10.2. The van der Waals surface area contributed by atoms with Gasteiger partial charge < -0.3 is 19.9 Å². The van der Waals surface area contributed by atoms with Crippen LogP contribution in [0.5, 0.6) is 0 Å². The fourth-order valence-electron chi connectivity index (χ4n) is 3.63. The fraction of sp³-hybridized carbons (Fsp3) is 0.409. The number of pyridine rings is 1. The molecule has 2 aromatic rings. The van der Waals surface area contributed by atoms with Crippen molar-refractivity contribution in [3.63, 3.8) is 0 Å². The molecule has 7 nitrogen and oxygen atoms in total. The van der Waals surface area contributed by atoms with E-state index in [-0.39, 0.29) is 41.7 Å². The Bertz CT molecular complexity index is 931. The van der Waals surface area contributed by atoms with E-state index >= 15 is 0 Å². The van der Waals surface area contributed by atoms with Crippen molar-refractivity contribution in [3.05, 3.63) is 63.8 Å². The van der Waals surface area contributed by atoms with E-state index in [1.165, 1.54) is 31.4 Å². The minimum absolute atomic E-state index is 0.122. The van der Waals surface area contributed by atoms with Gasteiger partial charge in [0.15, 0.2) is 0 Å². The van der Waals surface area contributed by atoms with Crippen molar-refractivity contribution < 1.29 is 18.7 Å². The Morgan fingerprint density at radius 3 is 2.67 bits per heavy atom. The molecule has 0 spiro atoms. The molecule has 0 bridgehead atoms. The highest BCUT2D eigenvalue weighted by molar-refractivity contribution is 5.97. The number of carbonyl (C=O) groups is 2. The lowest BCUT2D eigenvalue weighted by Crippen LogP contribution is -2.39. The standard InChI is InChI=1S/C22H26FN3O4/c1-30-9-6-21(28)25-19-12-17(11-18(23)13-19)22(29)26-7-4-15(5-8-26)10-16-2-3-20(27)24-14-16/h2-3,11-15H,4-10H2,1H3,(H,24,27)(H,25,28). The normalized spacial score (nSPS) is 14.5. The predicted molar refractivity (Wildman–Crippen MR) is 111 cm³/mol. The van der Waals surface area contributed by atoms with Crippen LogP contribution in [0, 0.1) is 11.7 Å². The number of likely N-dealkylation sites (tertiary alicyclic amines) is 1. The SMILES string of the molecule is COCCC(=O)Nc1cc(F)cc(C(=O)N2CCC(Cc3ccc(=O)[nH]c3)CC2)c1. The Hall–Kier alpha value is -3.00. The van der Waals surface area contributed by atoms with Gasteiger partial charge in [0.1, 0.15) is 5.82 Å². The molecular formula is C22H26FN3O4. The molecule has 8 heteroatoms. The minimum Gasteiger partial charge on any atom is -0.384 e. The third kappa shape index (κ3) is 6.00. The van der Waals surface area contributed by atoms with Crippen molar-refractivity contribution in [1.29, 1.82) is 0 Å². The second-order valence-electron chi connectivity index (χ2n) is 7.52. The van der Waals surface area contributed by atoms with E-state index in [1.54, 1.807) is 11.1 Å². The van der Waals surface area contributed by atoms with Gasteiger partial charge in [-0.2, -0.15) is 0 Å². The average molecular weight is 415 g/mol. The summed E-state index contributed by atoms with van der Waals surface area (Å²) in [4.78, 5) is 40.3. The van der Waals surface area contributed by atoms with Crippen LogP contribution in [0.4, 0.5) is 10.1 Å². The van der Waals surface area contributed by atoms with E-state index in [4.69, 9.17) is 4.74 Å². The van der Waals surface area contributed by atoms with Gasteiger partial charge in [-0.25, -0.2) is 4.39 Å². The Balaban J connectivity index is 1.58. The fourth-order valence-corrected chi connectivity index (χ4v) is 3.63. The molecule has 1 saturated heterocycles. The average Bonchev–Trinajstić information content (AvgIpc) is 2.73. The first-order valence-electron chi connectivity index (χ1n) is 10.0. The van der Waals surface area contributed by atoms with Gasteiger partial charge in [-0.3, -0.25) is 14.4 Å². The molecular weight excluding hydrogens is 389 g/mol. The predicted octanol–water partition coefficient (Wildman–Crippen LogP) is 2.58. The van der Waals surface area contributed by atoms with Crippen molar-refractivity contribution in [1.82, 2.24) is 9.88 Å². The summed E-state index contributed by atoms with van der Waals surface area (Å²) in [6.45, 7) is 1.43. The number of H-pyrrole nitrogens is 1. The van der Waals surface area contributed by atoms with Gasteiger partial charge in [-0.1, -0.05) is 6.07 Å². The molecule has 1 aliphatic rings. The van der Waals surface area contributed by atoms with E-state index < -0.39 is 5.82 Å². The lowest BCUT2D eigenvalue weighted by molar-refractivity contribution is -0.117. The smallest absolute Gasteiger partial charge is 0.254 e. The summed E-state index contributed by atoms with van der Waals surface area (Å²) in [5.41, 5.74) is 1.42. The molecule has 0 unspecified atom stereocenters. The minimum atomic E-state index is -0.573. The van der Waals surface area contributed by atoms with Crippen molar-refractivity contribution in [3.8, 4) is 0 Å². The molecule has 0 atom stereocenters. The van der Waals surface area contributed by atoms with Crippen molar-refractivity contribution in [2.45, 2.75) is 25.7 Å². The number of benzene rings is 1. The van der Waals surface area contributed by atoms with Crippen LogP contribution in [0.1, 0.15) is 35.2 Å². The van der Waals surface area contributed by atoms with Gasteiger partial charge in [0.2, 0.25) is 11.5 Å². The summed E-state index contributed by atoms with van der Waals surface area (Å²) < 4.78 is 18.9. The van der Waals surface area contributed by atoms with Gasteiger partial charge in [0, 0.05) is 43.7 Å². The summed E-state index contributed by atoms with van der Waals surface area (Å²) in [5.74, 6) is -0.702. The van der Waals surface area contributed by atoms with Crippen molar-refractivity contribution in [2.24, 2.45) is 5.92 Å². The molecule has 1 aromatic carbocycles. The quantitative estimate of drug-likeness (QED) is 0.727. The number of piperidine rings is 1. The number of methoxy groups -OCH3 is 1. The Kier molecular flexibility index (Phi) is 7.35. The number of hydrogen-bond donors (Lipinski definition) is 2. The Labute approximate surface area is 174 Å². The van der Waals surface area contributed by atoms with Crippen LogP contribution >= 0.6 is 0 Å². The summed E-state index contributed by atoms with van der Waals surface area (Å²) in [7, 11) is 1.50. The number of anilines is 1. The zero-order valence-corrected chi connectivity index (χ0v) is 16.9. The first kappa shape index (κ1) is 21.7. The molecule has 0 aliphatic carbocycles. The maximum Gasteiger partial charge on any atom is 0.254 e. The van der Waals surface area contributed by atoms with Crippen molar-refractivity contribution in [2.75, 3.05) is 32.1 Å². The molecule has 30 heavy (non-hydrogen) atoms. The molecule has 2 heterocycles. The van der Waals surface area contributed by atoms with Crippen LogP contribution in [-0.4, -0.2) is 48.5 Å². The van der Waals surface area contributed by atoms with E-state index in [1.807, 2.05) is 6.07 Å². The molecule has 1 aromatic heterocycles. The summed E-state index contributed by atoms with van der Waals surface area (Å²) in [6, 6.07) is 7.23. The zero-order valence-electron chi connectivity index (χ0n) is 16.9. The van der Waals surface area contributed by atoms with Crippen LogP contribution in [0.25, 0.3) is 0 Å². The number of nitrogens with one attached hydrogen (secondary N) is 2. The van der Waals surface area contributed by atoms with Crippen LogP contribution in [0.3, 0.4) is 0 Å². The van der Waals surface area contributed by atoms with Gasteiger partial charge in [0.05, 0.1) is 13.0 Å². The largest absolute Gasteiger partial charge is 0.384 e. The summed E-state index contributed by atoms with van der Waals surface area (Å²) in [6.07, 6.45) is 4.40. The van der Waals surface area contributed by atoms with Gasteiger partial charge in [0.25, 0.3) is 5.91 Å². The van der Waals surface area contributed by atoms with Gasteiger partial charge in [-0.05, 0) is 48.9 Å². The van der Waals surface area contributed by atoms with Crippen LogP contribution in [0.15, 0.2) is 41.3 Å². The van der Waals surface area contributed by atoms with E-state index in [0.29, 0.717) is 19.0 Å². The highest BCUT2D eigenvalue weighted by Gasteiger charge is 2.24. The highest BCUT2D eigenvalue weighted by Crippen LogP contribution is 2.23. The topological polar surface area (TPSA) is 91.5 Å². The number of hydrogen-bond acceptors (Lipinski definition) is 4. The van der Waals surface area contributed by atoms with E-state index in [0.717, 1.165) is 24.8 Å². The lowest BCUT2D eigenvalue weighted by Gasteiger charge is -2.32. The maximum absolute atomic E-state index is 14.0. The number of ether oxygens (including phenoxy) is 1. The van der Waals surface area contributed by atoms with Crippen LogP contribution in [-0.2, 0) is 16.0 Å². The number of carbonyl (C=O) groups excluding carboxylic acids is 2. The summed E-state index contributed by atoms with van der Waals surface area (Å²) in [5, 5.41) is 2.60. The van der Waals surface area contributed by atoms with Crippen LogP contribution < -0.4 is 10.9 Å². The van der Waals surface area contributed by atoms with Gasteiger partial charge >= 0.3 is 0 Å². The molecule has 2 amide bonds. The molecule has 1 aliphatic heterocycles. The van der Waals surface area contributed by atoms with Crippen LogP contribution in [0.2, 0.25) is 0 Å². The van der Waals surface area contributed by atoms with Gasteiger partial charge in [-0.15, -0.1) is 0 Å². The molecule has 160 valence electrons. The second-order valence-corrected chi connectivity index (χ2v) is 7.52. The van der Waals surface area contributed by atoms with Crippen molar-refractivity contribution >= 4 is 17.5 Å². The molecule has 0 radical (unpaired) electrons. The first-order valence-corrected chi connectivity index (χ1v) is 10.0. The number of amides is 2. The third-order valence-electron chi connectivity index (χ3n) is 5.24. The molecule has 2 N–H and O–H groups in total. The first-order chi connectivity index (χ1) is 14.4. The highest BCUT2D eigenvalue weighted by atomic mass is 19.1. The number of aromatic amines is 1. The number of halogens is 1. The van der Waals surface area contributed by atoms with E-state index in [2.05, 4.69) is 10.3 Å². The molecule has 3 rings (SSSR count). The molecule has 0 saturated carbocycles. The lowest BCUT2D eigenvalue weighted by atomic mass is 9.90. The monoisotopic (exact) mass is 415 g/mol. The number of rotatable bonds is 7. The maximum atomic E-state index is 14.0. The number of nitrogens with zero attached hydrogens (tertiary/aromatic N) is 1. The van der Waals surface area contributed by atoms with E-state index in [9.17, 15) is 18.8 Å². The number of aromatic nitrogens is 1. The zero-order chi connectivity index (χ0) is 21.5. The Morgan fingerprint density at radius 1 is 1.23 bits per heavy atom. The third-order valence-corrected chi connectivity index (χ3v) is 5.24. The summed E-state index contributed by atoms with van der Waals surface area (Å²) >= 11 is 0. The Morgan fingerprint density at radius 2 is 2.00 bits per heavy atom.